The van der Waals surface area contributed by atoms with Crippen molar-refractivity contribution in [3.05, 3.63) is 37.1 Å². The van der Waals surface area contributed by atoms with Crippen LogP contribution in [-0.2, 0) is 4.74 Å². The van der Waals surface area contributed by atoms with E-state index in [9.17, 15) is 0 Å². The number of hydrogen-bond donors (Lipinski definition) is 1. The Morgan fingerprint density at radius 2 is 1.79 bits per heavy atom. The molecule has 5 rings (SSSR count). The second-order valence-electron chi connectivity index (χ2n) is 7.34. The summed E-state index contributed by atoms with van der Waals surface area (Å²) in [6, 6.07) is 4.32. The first-order valence-corrected chi connectivity index (χ1v) is 10.1. The van der Waals surface area contributed by atoms with Gasteiger partial charge in [-0.1, -0.05) is 0 Å². The van der Waals surface area contributed by atoms with Crippen LogP contribution in [0.3, 0.4) is 0 Å². The molecule has 2 fully saturated rings. The Balaban J connectivity index is 1.23. The summed E-state index contributed by atoms with van der Waals surface area (Å²) >= 11 is 0. The summed E-state index contributed by atoms with van der Waals surface area (Å²) in [6.45, 7) is 5.01. The molecule has 1 N–H and O–H groups in total. The van der Waals surface area contributed by atoms with Gasteiger partial charge in [-0.2, -0.15) is 4.98 Å². The molecule has 0 radical (unpaired) electrons. The predicted octanol–water partition coefficient (Wildman–Crippen LogP) is 1.73. The second kappa shape index (κ2) is 8.12. The van der Waals surface area contributed by atoms with Gasteiger partial charge >= 0.3 is 0 Å². The first-order valence-electron chi connectivity index (χ1n) is 10.1. The van der Waals surface area contributed by atoms with Gasteiger partial charge in [0, 0.05) is 50.0 Å². The van der Waals surface area contributed by atoms with E-state index in [0.29, 0.717) is 6.04 Å². The number of aromatic nitrogens is 5. The highest BCUT2D eigenvalue weighted by Crippen LogP contribution is 2.26. The van der Waals surface area contributed by atoms with Gasteiger partial charge in [0.2, 0.25) is 5.95 Å². The van der Waals surface area contributed by atoms with Crippen LogP contribution in [0.2, 0.25) is 0 Å². The van der Waals surface area contributed by atoms with E-state index in [2.05, 4.69) is 35.1 Å². The molecule has 3 aromatic heterocycles. The average molecular weight is 392 g/mol. The Labute approximate surface area is 169 Å². The molecule has 0 spiro atoms. The fraction of sp³-hybridized carbons (Fsp3) is 0.450. The van der Waals surface area contributed by atoms with Gasteiger partial charge in [0.05, 0.1) is 24.9 Å². The molecular weight excluding hydrogens is 368 g/mol. The van der Waals surface area contributed by atoms with Crippen molar-refractivity contribution in [3.63, 3.8) is 0 Å². The minimum Gasteiger partial charge on any atom is -0.378 e. The third-order valence-electron chi connectivity index (χ3n) is 5.50. The van der Waals surface area contributed by atoms with E-state index < -0.39 is 0 Å². The highest BCUT2D eigenvalue weighted by atomic mass is 16.5. The number of hydrogen-bond acceptors (Lipinski definition) is 9. The summed E-state index contributed by atoms with van der Waals surface area (Å²) in [4.78, 5) is 26.7. The van der Waals surface area contributed by atoms with Gasteiger partial charge < -0.3 is 19.9 Å². The Kier molecular flexibility index (Phi) is 5.04. The minimum absolute atomic E-state index is 0.383. The number of ether oxygens (including phenoxy) is 1. The van der Waals surface area contributed by atoms with Crippen LogP contribution in [0.5, 0.6) is 0 Å². The van der Waals surface area contributed by atoms with Gasteiger partial charge in [0.1, 0.15) is 18.0 Å². The first kappa shape index (κ1) is 18.0. The Morgan fingerprint density at radius 3 is 2.66 bits per heavy atom. The summed E-state index contributed by atoms with van der Waals surface area (Å²) in [5.41, 5.74) is 0.884. The van der Waals surface area contributed by atoms with E-state index in [4.69, 9.17) is 9.72 Å². The highest BCUT2D eigenvalue weighted by molar-refractivity contribution is 5.88. The van der Waals surface area contributed by atoms with Crippen LogP contribution in [0.25, 0.3) is 10.9 Å². The van der Waals surface area contributed by atoms with Crippen LogP contribution in [-0.4, -0.2) is 70.4 Å². The van der Waals surface area contributed by atoms with Crippen LogP contribution in [0.1, 0.15) is 12.8 Å². The molecular formula is C20H24N8O. The van der Waals surface area contributed by atoms with Crippen molar-refractivity contribution in [3.8, 4) is 0 Å². The van der Waals surface area contributed by atoms with Gasteiger partial charge in [0.15, 0.2) is 0 Å². The molecule has 9 nitrogen and oxygen atoms in total. The molecule has 0 amide bonds. The van der Waals surface area contributed by atoms with Crippen LogP contribution < -0.4 is 15.1 Å². The number of rotatable bonds is 4. The lowest BCUT2D eigenvalue weighted by Gasteiger charge is -2.34. The maximum Gasteiger partial charge on any atom is 0.227 e. The maximum absolute atomic E-state index is 5.42. The molecule has 2 aliphatic rings. The number of piperidine rings is 1. The van der Waals surface area contributed by atoms with Crippen molar-refractivity contribution in [2.24, 2.45) is 0 Å². The number of nitrogens with one attached hydrogen (secondary N) is 1. The van der Waals surface area contributed by atoms with Crippen LogP contribution >= 0.6 is 0 Å². The van der Waals surface area contributed by atoms with Gasteiger partial charge in [-0.3, -0.25) is 4.98 Å². The van der Waals surface area contributed by atoms with E-state index in [1.165, 1.54) is 0 Å². The summed E-state index contributed by atoms with van der Waals surface area (Å²) in [6.07, 6.45) is 9.08. The SMILES string of the molecule is c1cc2c(N3CCC(Nc4ccnc(N5CCOCC5)n4)CC3)ncnc2cn1. The summed E-state index contributed by atoms with van der Waals surface area (Å²) < 4.78 is 5.42. The van der Waals surface area contributed by atoms with Crippen LogP contribution in [0.15, 0.2) is 37.1 Å². The zero-order valence-electron chi connectivity index (χ0n) is 16.2. The molecule has 0 atom stereocenters. The smallest absolute Gasteiger partial charge is 0.227 e. The largest absolute Gasteiger partial charge is 0.378 e. The quantitative estimate of drug-likeness (QED) is 0.712. The van der Waals surface area contributed by atoms with Gasteiger partial charge in [-0.25, -0.2) is 15.0 Å². The van der Waals surface area contributed by atoms with Crippen molar-refractivity contribution in [2.75, 3.05) is 54.5 Å². The summed E-state index contributed by atoms with van der Waals surface area (Å²) in [5.74, 6) is 2.66. The van der Waals surface area contributed by atoms with E-state index >= 15 is 0 Å². The first-order chi connectivity index (χ1) is 14.4. The number of pyridine rings is 1. The highest BCUT2D eigenvalue weighted by Gasteiger charge is 2.22. The van der Waals surface area contributed by atoms with Crippen molar-refractivity contribution in [1.82, 2.24) is 24.9 Å². The minimum atomic E-state index is 0.383. The van der Waals surface area contributed by atoms with E-state index in [1.807, 2.05) is 18.3 Å². The molecule has 2 saturated heterocycles. The number of anilines is 3. The van der Waals surface area contributed by atoms with Crippen molar-refractivity contribution < 1.29 is 4.74 Å². The van der Waals surface area contributed by atoms with Crippen molar-refractivity contribution >= 4 is 28.5 Å². The molecule has 0 aliphatic carbocycles. The lowest BCUT2D eigenvalue weighted by atomic mass is 10.0. The average Bonchev–Trinajstić information content (AvgIpc) is 2.80. The molecule has 9 heteroatoms. The van der Waals surface area contributed by atoms with Crippen LogP contribution in [0, 0.1) is 0 Å². The molecule has 0 aromatic carbocycles. The number of nitrogens with zero attached hydrogens (tertiary/aromatic N) is 7. The third kappa shape index (κ3) is 3.91. The van der Waals surface area contributed by atoms with Gasteiger partial charge in [-0.05, 0) is 25.0 Å². The van der Waals surface area contributed by atoms with Gasteiger partial charge in [-0.15, -0.1) is 0 Å². The van der Waals surface area contributed by atoms with Crippen molar-refractivity contribution in [2.45, 2.75) is 18.9 Å². The van der Waals surface area contributed by atoms with Crippen LogP contribution in [0.4, 0.5) is 17.6 Å². The van der Waals surface area contributed by atoms with E-state index in [1.54, 1.807) is 18.7 Å². The fourth-order valence-electron chi connectivity index (χ4n) is 3.93. The molecule has 150 valence electrons. The van der Waals surface area contributed by atoms with Gasteiger partial charge in [0.25, 0.3) is 0 Å². The monoisotopic (exact) mass is 392 g/mol. The van der Waals surface area contributed by atoms with E-state index in [0.717, 1.165) is 80.7 Å². The lowest BCUT2D eigenvalue weighted by Crippen LogP contribution is -2.40. The second-order valence-corrected chi connectivity index (χ2v) is 7.34. The topological polar surface area (TPSA) is 92.2 Å². The maximum atomic E-state index is 5.42. The molecule has 5 heterocycles. The Hall–Kier alpha value is -3.07. The number of fused-ring (bicyclic) bond motifs is 1. The molecule has 29 heavy (non-hydrogen) atoms. The summed E-state index contributed by atoms with van der Waals surface area (Å²) in [5, 5.41) is 4.65. The predicted molar refractivity (Wildman–Crippen MR) is 111 cm³/mol. The zero-order chi connectivity index (χ0) is 19.5. The van der Waals surface area contributed by atoms with Crippen molar-refractivity contribution in [1.29, 1.82) is 0 Å². The summed E-state index contributed by atoms with van der Waals surface area (Å²) in [7, 11) is 0. The zero-order valence-corrected chi connectivity index (χ0v) is 16.2. The Bertz CT molecular complexity index is 964. The fourth-order valence-corrected chi connectivity index (χ4v) is 3.93. The molecule has 0 unspecified atom stereocenters. The lowest BCUT2D eigenvalue weighted by molar-refractivity contribution is 0.122. The molecule has 2 aliphatic heterocycles. The van der Waals surface area contributed by atoms with E-state index in [-0.39, 0.29) is 0 Å². The normalized spacial score (nSPS) is 18.2. The third-order valence-corrected chi connectivity index (χ3v) is 5.50. The molecule has 0 bridgehead atoms. The standard InChI is InChI=1S/C20H24N8O/c1-5-21-13-17-16(1)19(24-14-23-17)27-7-3-15(4-8-27)25-18-2-6-22-20(26-18)28-9-11-29-12-10-28/h1-2,5-6,13-15H,3-4,7-12H2,(H,22,25,26). The number of morpholine rings is 1. The Morgan fingerprint density at radius 1 is 0.931 bits per heavy atom. The molecule has 0 saturated carbocycles. The molecule has 3 aromatic rings.